The molecule has 2 heterocycles. The number of nitrogens with one attached hydrogen (secondary N) is 2. The van der Waals surface area contributed by atoms with E-state index in [1.165, 1.54) is 6.20 Å². The molecule has 0 unspecified atom stereocenters. The Kier molecular flexibility index (Phi) is 5.94. The molecule has 2 rings (SSSR count). The summed E-state index contributed by atoms with van der Waals surface area (Å²) >= 11 is 4.99. The van der Waals surface area contributed by atoms with Crippen LogP contribution in [0.4, 0.5) is 0 Å². The van der Waals surface area contributed by atoms with Gasteiger partial charge in [-0.05, 0) is 41.5 Å². The lowest BCUT2D eigenvalue weighted by Gasteiger charge is -2.03. The van der Waals surface area contributed by atoms with Crippen molar-refractivity contribution in [2.75, 3.05) is 20.1 Å². The number of likely N-dealkylation sites (N-methyl/N-ethyl adjacent to an activating group) is 1. The molecule has 2 aromatic heterocycles. The summed E-state index contributed by atoms with van der Waals surface area (Å²) in [7, 11) is -1.65. The van der Waals surface area contributed by atoms with Gasteiger partial charge in [-0.15, -0.1) is 11.3 Å². The molecule has 2 N–H and O–H groups in total. The number of nitrogens with zero attached hydrogens (tertiary/aromatic N) is 2. The van der Waals surface area contributed by atoms with Crippen molar-refractivity contribution in [1.82, 2.24) is 19.8 Å². The van der Waals surface area contributed by atoms with Crippen molar-refractivity contribution in [3.8, 4) is 0 Å². The van der Waals surface area contributed by atoms with Gasteiger partial charge in [0, 0.05) is 24.2 Å². The molecule has 0 radical (unpaired) electrons. The minimum atomic E-state index is -3.49. The third-order valence-electron chi connectivity index (χ3n) is 2.80. The second-order valence-electron chi connectivity index (χ2n) is 4.40. The maximum atomic E-state index is 12.1. The van der Waals surface area contributed by atoms with Gasteiger partial charge in [0.1, 0.15) is 4.90 Å². The number of hydrogen-bond acceptors (Lipinski definition) is 5. The Morgan fingerprint density at radius 2 is 2.19 bits per heavy atom. The van der Waals surface area contributed by atoms with Crippen molar-refractivity contribution in [2.45, 2.75) is 17.9 Å². The van der Waals surface area contributed by atoms with E-state index in [1.807, 2.05) is 19.2 Å². The van der Waals surface area contributed by atoms with Crippen LogP contribution in [0.3, 0.4) is 0 Å². The van der Waals surface area contributed by atoms with Crippen LogP contribution in [-0.4, -0.2) is 38.3 Å². The Bertz CT molecular complexity index is 681. The second-order valence-corrected chi connectivity index (χ2v) is 8.71. The highest BCUT2D eigenvalue weighted by molar-refractivity contribution is 9.11. The Morgan fingerprint density at radius 3 is 2.86 bits per heavy atom. The molecule has 0 aliphatic rings. The molecule has 21 heavy (non-hydrogen) atoms. The van der Waals surface area contributed by atoms with Crippen LogP contribution < -0.4 is 10.0 Å². The number of rotatable bonds is 8. The van der Waals surface area contributed by atoms with Crippen LogP contribution in [0.25, 0.3) is 0 Å². The van der Waals surface area contributed by atoms with E-state index in [0.29, 0.717) is 19.5 Å². The van der Waals surface area contributed by atoms with Crippen molar-refractivity contribution in [1.29, 1.82) is 0 Å². The highest BCUT2D eigenvalue weighted by Gasteiger charge is 2.15. The molecule has 2 aromatic rings. The predicted molar refractivity (Wildman–Crippen MR) is 87.1 cm³/mol. The van der Waals surface area contributed by atoms with Crippen LogP contribution >= 0.6 is 27.3 Å². The predicted octanol–water partition coefficient (Wildman–Crippen LogP) is 1.45. The molecule has 0 saturated carbocycles. The zero-order valence-corrected chi connectivity index (χ0v) is 14.8. The van der Waals surface area contributed by atoms with Gasteiger partial charge in [-0.2, -0.15) is 5.10 Å². The normalized spacial score (nSPS) is 11.9. The number of aromatic nitrogens is 2. The largest absolute Gasteiger partial charge is 0.318 e. The van der Waals surface area contributed by atoms with E-state index in [2.05, 4.69) is 31.1 Å². The van der Waals surface area contributed by atoms with E-state index in [0.717, 1.165) is 15.2 Å². The average Bonchev–Trinajstić information content (AvgIpc) is 3.06. The molecule has 116 valence electrons. The van der Waals surface area contributed by atoms with Gasteiger partial charge < -0.3 is 5.32 Å². The summed E-state index contributed by atoms with van der Waals surface area (Å²) in [5.74, 6) is 0. The Balaban J connectivity index is 1.90. The van der Waals surface area contributed by atoms with E-state index in [9.17, 15) is 8.42 Å². The van der Waals surface area contributed by atoms with E-state index in [4.69, 9.17) is 0 Å². The molecule has 0 aliphatic heterocycles. The second kappa shape index (κ2) is 7.50. The molecule has 0 saturated heterocycles. The van der Waals surface area contributed by atoms with Gasteiger partial charge in [0.05, 0.1) is 16.5 Å². The van der Waals surface area contributed by atoms with Gasteiger partial charge in [-0.3, -0.25) is 4.68 Å². The molecule has 0 fully saturated rings. The fourth-order valence-electron chi connectivity index (χ4n) is 1.71. The van der Waals surface area contributed by atoms with Crippen molar-refractivity contribution >= 4 is 37.3 Å². The molecule has 9 heteroatoms. The first-order chi connectivity index (χ1) is 10.0. The summed E-state index contributed by atoms with van der Waals surface area (Å²) < 4.78 is 29.5. The van der Waals surface area contributed by atoms with Gasteiger partial charge >= 0.3 is 0 Å². The Labute approximate surface area is 136 Å². The zero-order valence-electron chi connectivity index (χ0n) is 11.5. The summed E-state index contributed by atoms with van der Waals surface area (Å²) in [4.78, 5) is 1.33. The molecule has 0 aliphatic carbocycles. The quantitative estimate of drug-likeness (QED) is 0.712. The van der Waals surface area contributed by atoms with Crippen molar-refractivity contribution in [3.05, 3.63) is 33.2 Å². The highest BCUT2D eigenvalue weighted by atomic mass is 79.9. The summed E-state index contributed by atoms with van der Waals surface area (Å²) in [6.45, 7) is 1.74. The van der Waals surface area contributed by atoms with Crippen LogP contribution in [-0.2, 0) is 23.0 Å². The number of sulfonamides is 1. The number of thiophene rings is 1. The minimum Gasteiger partial charge on any atom is -0.318 e. The first-order valence-electron chi connectivity index (χ1n) is 6.42. The summed E-state index contributed by atoms with van der Waals surface area (Å²) in [5.41, 5.74) is 0. The lowest BCUT2D eigenvalue weighted by molar-refractivity contribution is 0.576. The molecule has 6 nitrogen and oxygen atoms in total. The van der Waals surface area contributed by atoms with E-state index >= 15 is 0 Å². The van der Waals surface area contributed by atoms with E-state index < -0.39 is 10.0 Å². The minimum absolute atomic E-state index is 0.200. The topological polar surface area (TPSA) is 76.0 Å². The van der Waals surface area contributed by atoms with Crippen LogP contribution in [0.5, 0.6) is 0 Å². The van der Waals surface area contributed by atoms with Crippen molar-refractivity contribution < 1.29 is 8.42 Å². The maximum Gasteiger partial charge on any atom is 0.243 e. The zero-order chi connectivity index (χ0) is 15.3. The lowest BCUT2D eigenvalue weighted by atomic mass is 10.3. The van der Waals surface area contributed by atoms with Crippen LogP contribution in [0, 0.1) is 0 Å². The van der Waals surface area contributed by atoms with Gasteiger partial charge in [0.25, 0.3) is 0 Å². The van der Waals surface area contributed by atoms with Crippen LogP contribution in [0.1, 0.15) is 4.88 Å². The Morgan fingerprint density at radius 1 is 1.38 bits per heavy atom. The van der Waals surface area contributed by atoms with E-state index in [1.54, 1.807) is 22.2 Å². The van der Waals surface area contributed by atoms with Gasteiger partial charge in [-0.1, -0.05) is 0 Å². The van der Waals surface area contributed by atoms with Crippen molar-refractivity contribution in [3.63, 3.8) is 0 Å². The van der Waals surface area contributed by atoms with E-state index in [-0.39, 0.29) is 4.90 Å². The number of halogens is 1. The standard InChI is InChI=1S/C12H17BrN4O2S2/c1-14-6-7-17-9-11(8-15-17)21(18,19)16-5-4-10-2-3-12(13)20-10/h2-3,8-9,14,16H,4-7H2,1H3. The van der Waals surface area contributed by atoms with Gasteiger partial charge in [-0.25, -0.2) is 13.1 Å². The summed E-state index contributed by atoms with van der Waals surface area (Å²) in [5, 5.41) is 7.03. The molecule has 0 amide bonds. The highest BCUT2D eigenvalue weighted by Crippen LogP contribution is 2.22. The molecule has 0 atom stereocenters. The Hall–Kier alpha value is -0.740. The maximum absolute atomic E-state index is 12.1. The first kappa shape index (κ1) is 16.6. The fraction of sp³-hybridized carbons (Fsp3) is 0.417. The molecule has 0 aromatic carbocycles. The first-order valence-corrected chi connectivity index (χ1v) is 9.51. The third-order valence-corrected chi connectivity index (χ3v) is 5.90. The SMILES string of the molecule is CNCCn1cc(S(=O)(=O)NCCc2ccc(Br)s2)cn1. The van der Waals surface area contributed by atoms with Crippen LogP contribution in [0.2, 0.25) is 0 Å². The average molecular weight is 393 g/mol. The fourth-order valence-corrected chi connectivity index (χ4v) is 4.18. The molecule has 0 spiro atoms. The van der Waals surface area contributed by atoms with Gasteiger partial charge in [0.15, 0.2) is 0 Å². The lowest BCUT2D eigenvalue weighted by Crippen LogP contribution is -2.25. The third kappa shape index (κ3) is 4.89. The molecular formula is C12H17BrN4O2S2. The smallest absolute Gasteiger partial charge is 0.243 e. The molecular weight excluding hydrogens is 376 g/mol. The summed E-state index contributed by atoms with van der Waals surface area (Å²) in [6.07, 6.45) is 3.59. The van der Waals surface area contributed by atoms with Crippen LogP contribution in [0.15, 0.2) is 33.2 Å². The molecule has 0 bridgehead atoms. The monoisotopic (exact) mass is 392 g/mol. The summed E-state index contributed by atoms with van der Waals surface area (Å²) in [6, 6.07) is 3.94. The van der Waals surface area contributed by atoms with Gasteiger partial charge in [0.2, 0.25) is 10.0 Å². The number of hydrogen-bond donors (Lipinski definition) is 2. The van der Waals surface area contributed by atoms with Crippen molar-refractivity contribution in [2.24, 2.45) is 0 Å².